The third-order valence-electron chi connectivity index (χ3n) is 3.71. The Morgan fingerprint density at radius 3 is 2.81 bits per heavy atom. The molecule has 0 aliphatic carbocycles. The summed E-state index contributed by atoms with van der Waals surface area (Å²) in [5, 5.41) is 9.14. The fourth-order valence-electron chi connectivity index (χ4n) is 2.64. The second-order valence-electron chi connectivity index (χ2n) is 5.02. The van der Waals surface area contributed by atoms with Gasteiger partial charge in [0, 0.05) is 12.1 Å². The average molecular weight is 280 g/mol. The maximum absolute atomic E-state index is 13.3. The maximum atomic E-state index is 13.3. The Hall–Kier alpha value is -2.67. The van der Waals surface area contributed by atoms with Gasteiger partial charge in [-0.1, -0.05) is 18.2 Å². The van der Waals surface area contributed by atoms with Crippen LogP contribution in [0.25, 0.3) is 0 Å². The van der Waals surface area contributed by atoms with Crippen LogP contribution >= 0.6 is 0 Å². The maximum Gasteiger partial charge on any atom is 0.227 e. The van der Waals surface area contributed by atoms with Crippen molar-refractivity contribution in [2.75, 3.05) is 4.90 Å². The van der Waals surface area contributed by atoms with Crippen molar-refractivity contribution < 1.29 is 9.18 Å². The highest BCUT2D eigenvalue weighted by atomic mass is 19.1. The van der Waals surface area contributed by atoms with E-state index in [0.717, 1.165) is 16.8 Å². The van der Waals surface area contributed by atoms with E-state index >= 15 is 0 Å². The number of carbonyl (C=O) groups is 1. The lowest BCUT2D eigenvalue weighted by Gasteiger charge is -2.29. The molecule has 104 valence electrons. The molecule has 0 bridgehead atoms. The highest BCUT2D eigenvalue weighted by molar-refractivity contribution is 5.96. The van der Waals surface area contributed by atoms with Gasteiger partial charge in [0.05, 0.1) is 18.2 Å². The Kier molecular flexibility index (Phi) is 3.41. The zero-order valence-electron chi connectivity index (χ0n) is 11.3. The van der Waals surface area contributed by atoms with Crippen molar-refractivity contribution in [3.63, 3.8) is 0 Å². The molecule has 0 unspecified atom stereocenters. The van der Waals surface area contributed by atoms with Crippen LogP contribution in [0.3, 0.4) is 0 Å². The summed E-state index contributed by atoms with van der Waals surface area (Å²) in [6.07, 6.45) is 0.924. The smallest absolute Gasteiger partial charge is 0.227 e. The molecule has 2 aromatic rings. The van der Waals surface area contributed by atoms with Gasteiger partial charge in [0.1, 0.15) is 5.82 Å². The lowest BCUT2D eigenvalue weighted by molar-refractivity contribution is -0.119. The van der Waals surface area contributed by atoms with Gasteiger partial charge in [-0.15, -0.1) is 0 Å². The first-order valence-corrected chi connectivity index (χ1v) is 6.76. The number of amides is 1. The van der Waals surface area contributed by atoms with Crippen molar-refractivity contribution in [3.8, 4) is 6.07 Å². The van der Waals surface area contributed by atoms with Gasteiger partial charge in [-0.25, -0.2) is 4.39 Å². The normalized spacial score (nSPS) is 13.7. The van der Waals surface area contributed by atoms with Crippen molar-refractivity contribution in [1.82, 2.24) is 0 Å². The molecule has 3 nitrogen and oxygen atoms in total. The quantitative estimate of drug-likeness (QED) is 0.848. The Balaban J connectivity index is 1.99. The second kappa shape index (κ2) is 5.37. The van der Waals surface area contributed by atoms with E-state index in [1.165, 1.54) is 12.1 Å². The highest BCUT2D eigenvalue weighted by Gasteiger charge is 2.25. The molecule has 0 radical (unpaired) electrons. The molecular formula is C17H13FN2O. The fourth-order valence-corrected chi connectivity index (χ4v) is 2.64. The molecule has 0 atom stereocenters. The lowest BCUT2D eigenvalue weighted by atomic mass is 9.99. The van der Waals surface area contributed by atoms with Crippen molar-refractivity contribution in [2.24, 2.45) is 0 Å². The predicted molar refractivity (Wildman–Crippen MR) is 77.1 cm³/mol. The number of hydrogen-bond acceptors (Lipinski definition) is 2. The first kappa shape index (κ1) is 13.3. The second-order valence-corrected chi connectivity index (χ2v) is 5.02. The van der Waals surface area contributed by atoms with Crippen LogP contribution in [-0.2, 0) is 17.8 Å². The number of fused-ring (bicyclic) bond motifs is 1. The van der Waals surface area contributed by atoms with Gasteiger partial charge in [0.15, 0.2) is 0 Å². The molecule has 21 heavy (non-hydrogen) atoms. The van der Waals surface area contributed by atoms with Gasteiger partial charge in [-0.3, -0.25) is 4.79 Å². The Labute approximate surface area is 122 Å². The number of nitriles is 1. The number of benzene rings is 2. The van der Waals surface area contributed by atoms with Crippen LogP contribution in [0.1, 0.15) is 23.1 Å². The van der Waals surface area contributed by atoms with Crippen LogP contribution in [0.2, 0.25) is 0 Å². The Morgan fingerprint density at radius 1 is 1.19 bits per heavy atom. The minimum Gasteiger partial charge on any atom is -0.308 e. The molecule has 0 saturated heterocycles. The molecule has 2 aromatic carbocycles. The number of hydrogen-bond donors (Lipinski definition) is 0. The van der Waals surface area contributed by atoms with Crippen molar-refractivity contribution >= 4 is 11.6 Å². The van der Waals surface area contributed by atoms with Crippen LogP contribution in [0.4, 0.5) is 10.1 Å². The topological polar surface area (TPSA) is 44.1 Å². The van der Waals surface area contributed by atoms with Gasteiger partial charge in [0.25, 0.3) is 0 Å². The van der Waals surface area contributed by atoms with Gasteiger partial charge in [-0.05, 0) is 41.8 Å². The molecule has 0 spiro atoms. The van der Waals surface area contributed by atoms with E-state index in [4.69, 9.17) is 5.26 Å². The third kappa shape index (κ3) is 2.50. The Bertz CT molecular complexity index is 749. The summed E-state index contributed by atoms with van der Waals surface area (Å²) in [5.74, 6) is -0.290. The van der Waals surface area contributed by atoms with Crippen LogP contribution in [-0.4, -0.2) is 5.91 Å². The summed E-state index contributed by atoms with van der Waals surface area (Å²) >= 11 is 0. The third-order valence-corrected chi connectivity index (χ3v) is 3.71. The van der Waals surface area contributed by atoms with Gasteiger partial charge in [0.2, 0.25) is 5.91 Å². The lowest BCUT2D eigenvalue weighted by Crippen LogP contribution is -2.34. The molecule has 1 heterocycles. The van der Waals surface area contributed by atoms with E-state index in [-0.39, 0.29) is 11.7 Å². The minimum absolute atomic E-state index is 0.00171. The van der Waals surface area contributed by atoms with Crippen molar-refractivity contribution in [2.45, 2.75) is 19.4 Å². The van der Waals surface area contributed by atoms with Gasteiger partial charge >= 0.3 is 0 Å². The van der Waals surface area contributed by atoms with Gasteiger partial charge < -0.3 is 4.90 Å². The first-order valence-electron chi connectivity index (χ1n) is 6.76. The summed E-state index contributed by atoms with van der Waals surface area (Å²) in [5.41, 5.74) is 2.93. The molecule has 0 fully saturated rings. The Morgan fingerprint density at radius 2 is 2.00 bits per heavy atom. The average Bonchev–Trinajstić information content (AvgIpc) is 2.50. The molecule has 1 aliphatic heterocycles. The number of nitrogens with zero attached hydrogens (tertiary/aromatic N) is 2. The highest BCUT2D eigenvalue weighted by Crippen LogP contribution is 2.30. The van der Waals surface area contributed by atoms with Crippen LogP contribution in [0.15, 0.2) is 42.5 Å². The van der Waals surface area contributed by atoms with E-state index < -0.39 is 0 Å². The molecule has 4 heteroatoms. The summed E-state index contributed by atoms with van der Waals surface area (Å²) in [6, 6.07) is 13.8. The van der Waals surface area contributed by atoms with Crippen LogP contribution in [0.5, 0.6) is 0 Å². The number of rotatable bonds is 2. The predicted octanol–water partition coefficient (Wildman–Crippen LogP) is 3.18. The SMILES string of the molecule is N#Cc1ccccc1CN1C(=O)CCc2cc(F)ccc21. The van der Waals surface area contributed by atoms with Crippen LogP contribution < -0.4 is 4.90 Å². The first-order chi connectivity index (χ1) is 10.2. The molecule has 0 aromatic heterocycles. The van der Waals surface area contributed by atoms with Crippen molar-refractivity contribution in [1.29, 1.82) is 5.26 Å². The summed E-state index contributed by atoms with van der Waals surface area (Å²) < 4.78 is 13.3. The van der Waals surface area contributed by atoms with Gasteiger partial charge in [-0.2, -0.15) is 5.26 Å². The van der Waals surface area contributed by atoms with Crippen molar-refractivity contribution in [3.05, 3.63) is 65.0 Å². The number of anilines is 1. The zero-order valence-corrected chi connectivity index (χ0v) is 11.3. The largest absolute Gasteiger partial charge is 0.308 e. The molecule has 0 N–H and O–H groups in total. The summed E-state index contributed by atoms with van der Waals surface area (Å²) in [6.45, 7) is 0.335. The molecule has 1 aliphatic rings. The molecule has 0 saturated carbocycles. The molecule has 1 amide bonds. The van der Waals surface area contributed by atoms with E-state index in [0.29, 0.717) is 24.9 Å². The number of aryl methyl sites for hydroxylation is 1. The summed E-state index contributed by atoms with van der Waals surface area (Å²) in [4.78, 5) is 13.8. The molecule has 3 rings (SSSR count). The van der Waals surface area contributed by atoms with E-state index in [1.54, 1.807) is 23.1 Å². The monoisotopic (exact) mass is 280 g/mol. The summed E-state index contributed by atoms with van der Waals surface area (Å²) in [7, 11) is 0. The zero-order chi connectivity index (χ0) is 14.8. The number of halogens is 1. The van der Waals surface area contributed by atoms with E-state index in [1.807, 2.05) is 12.1 Å². The van der Waals surface area contributed by atoms with Crippen LogP contribution in [0, 0.1) is 17.1 Å². The fraction of sp³-hybridized carbons (Fsp3) is 0.176. The van der Waals surface area contributed by atoms with E-state index in [2.05, 4.69) is 6.07 Å². The number of carbonyl (C=O) groups excluding carboxylic acids is 1. The standard InChI is InChI=1S/C17H13FN2O/c18-15-6-7-16-12(9-15)5-8-17(21)20(16)11-14-4-2-1-3-13(14)10-19/h1-4,6-7,9H,5,8,11H2. The molecular weight excluding hydrogens is 267 g/mol. The minimum atomic E-state index is -0.291. The van der Waals surface area contributed by atoms with E-state index in [9.17, 15) is 9.18 Å².